The number of para-hydroxylation sites is 2. The smallest absolute Gasteiger partial charge is 0.347 e. The number of halogens is 1. The summed E-state index contributed by atoms with van der Waals surface area (Å²) in [7, 11) is 0. The molecular formula is C49H60ClN5O6. The Labute approximate surface area is 365 Å². The minimum atomic E-state index is -2.61. The van der Waals surface area contributed by atoms with Crippen LogP contribution in [0.15, 0.2) is 103 Å². The van der Waals surface area contributed by atoms with Crippen molar-refractivity contribution in [2.75, 3.05) is 23.5 Å². The molecule has 2 unspecified atom stereocenters. The predicted molar refractivity (Wildman–Crippen MR) is 241 cm³/mol. The van der Waals surface area contributed by atoms with Crippen molar-refractivity contribution in [2.45, 2.75) is 110 Å². The maximum Gasteiger partial charge on any atom is 0.347 e. The predicted octanol–water partition coefficient (Wildman–Crippen LogP) is 9.26. The number of hydrogen-bond donors (Lipinski definition) is 2. The van der Waals surface area contributed by atoms with Crippen LogP contribution in [0.3, 0.4) is 0 Å². The highest BCUT2D eigenvalue weighted by Gasteiger charge is 2.63. The third-order valence-corrected chi connectivity index (χ3v) is 12.2. The number of anilines is 2. The third kappa shape index (κ3) is 9.68. The number of carbonyl (C=O) groups is 5. The van der Waals surface area contributed by atoms with Gasteiger partial charge >= 0.3 is 6.03 Å². The first-order valence-electron chi connectivity index (χ1n) is 20.9. The zero-order valence-electron chi connectivity index (χ0n) is 36.9. The van der Waals surface area contributed by atoms with Crippen molar-refractivity contribution in [1.29, 1.82) is 0 Å². The molecule has 1 aliphatic rings. The van der Waals surface area contributed by atoms with Crippen LogP contribution in [-0.4, -0.2) is 58.0 Å². The second-order valence-electron chi connectivity index (χ2n) is 18.0. The Hall–Kier alpha value is -5.52. The quantitative estimate of drug-likeness (QED) is 0.0797. The molecule has 0 spiro atoms. The van der Waals surface area contributed by atoms with E-state index in [4.69, 9.17) is 22.1 Å². The van der Waals surface area contributed by atoms with E-state index in [1.807, 2.05) is 63.2 Å². The number of ketones is 1. The number of amides is 5. The lowest BCUT2D eigenvalue weighted by Crippen LogP contribution is -2.73. The standard InChI is InChI=1S/C49H60ClN5O6/c1-10-47(6,7)36-29-38(48(8,9)11-2)40(61-28-27-39(50)42(51)57)30-37(36)49(43(58)46(3,4)5,44(59)52-34-23-17-13-18-24-34)54-41(56)32-53(31-33-21-15-12-16-22-33)55(45(54)60)35-25-19-14-20-26-35/h12-26,29-30,39H,10-11,27-28,31-32H2,1-9H3,(H2,51,57)(H,52,59). The number of imide groups is 1. The molecule has 0 aromatic heterocycles. The molecule has 4 aromatic rings. The van der Waals surface area contributed by atoms with E-state index in [1.165, 1.54) is 5.01 Å². The largest absolute Gasteiger partial charge is 0.493 e. The van der Waals surface area contributed by atoms with Gasteiger partial charge in [0.05, 0.1) is 18.8 Å². The summed E-state index contributed by atoms with van der Waals surface area (Å²) in [4.78, 5) is 75.8. The van der Waals surface area contributed by atoms with Crippen LogP contribution < -0.4 is 20.8 Å². The van der Waals surface area contributed by atoms with Gasteiger partial charge in [-0.1, -0.05) is 135 Å². The summed E-state index contributed by atoms with van der Waals surface area (Å²) < 4.78 is 6.52. The molecule has 324 valence electrons. The van der Waals surface area contributed by atoms with Crippen molar-refractivity contribution in [3.8, 4) is 5.75 Å². The summed E-state index contributed by atoms with van der Waals surface area (Å²) in [6.45, 7) is 17.0. The first kappa shape index (κ1) is 46.5. The number of rotatable bonds is 17. The molecule has 3 N–H and O–H groups in total. The number of benzene rings is 4. The van der Waals surface area contributed by atoms with Gasteiger partial charge in [-0.2, -0.15) is 5.01 Å². The van der Waals surface area contributed by atoms with Crippen LogP contribution in [0.1, 0.15) is 104 Å². The van der Waals surface area contributed by atoms with Crippen LogP contribution in [0.2, 0.25) is 0 Å². The van der Waals surface area contributed by atoms with Gasteiger partial charge < -0.3 is 15.8 Å². The maximum atomic E-state index is 16.0. The molecule has 1 saturated heterocycles. The van der Waals surface area contributed by atoms with Crippen LogP contribution in [0.25, 0.3) is 0 Å². The number of ether oxygens (including phenoxy) is 1. The Balaban J connectivity index is 1.93. The van der Waals surface area contributed by atoms with E-state index in [-0.39, 0.29) is 31.7 Å². The fraction of sp³-hybridized carbons (Fsp3) is 0.408. The molecule has 0 aliphatic carbocycles. The number of nitrogens with zero attached hydrogens (tertiary/aromatic N) is 3. The van der Waals surface area contributed by atoms with Crippen molar-refractivity contribution < 1.29 is 28.7 Å². The van der Waals surface area contributed by atoms with Gasteiger partial charge in [0.15, 0.2) is 5.78 Å². The Bertz CT molecular complexity index is 2220. The number of Topliss-reactive ketones (excluding diaryl/α,β-unsaturated/α-hetero) is 1. The number of hydrogen-bond acceptors (Lipinski definition) is 7. The van der Waals surface area contributed by atoms with E-state index in [9.17, 15) is 4.79 Å². The fourth-order valence-electron chi connectivity index (χ4n) is 7.55. The van der Waals surface area contributed by atoms with Gasteiger partial charge in [0.2, 0.25) is 17.4 Å². The summed E-state index contributed by atoms with van der Waals surface area (Å²) in [5, 5.41) is 4.98. The molecule has 2 atom stereocenters. The highest BCUT2D eigenvalue weighted by Crippen LogP contribution is 2.49. The number of nitrogens with two attached hydrogens (primary N) is 1. The summed E-state index contributed by atoms with van der Waals surface area (Å²) in [5.41, 5.74) is 3.48. The summed E-state index contributed by atoms with van der Waals surface area (Å²) >= 11 is 6.28. The Morgan fingerprint density at radius 1 is 0.770 bits per heavy atom. The Morgan fingerprint density at radius 3 is 1.85 bits per heavy atom. The number of hydrazine groups is 1. The average Bonchev–Trinajstić information content (AvgIpc) is 3.22. The fourth-order valence-corrected chi connectivity index (χ4v) is 7.64. The van der Waals surface area contributed by atoms with Crippen molar-refractivity contribution in [2.24, 2.45) is 11.1 Å². The zero-order chi connectivity index (χ0) is 44.9. The molecule has 1 aliphatic heterocycles. The van der Waals surface area contributed by atoms with Crippen LogP contribution in [0.4, 0.5) is 16.2 Å². The summed E-state index contributed by atoms with van der Waals surface area (Å²) in [5.74, 6) is -2.70. The molecule has 1 fully saturated rings. The van der Waals surface area contributed by atoms with E-state index in [0.29, 0.717) is 35.5 Å². The van der Waals surface area contributed by atoms with Crippen molar-refractivity contribution >= 4 is 52.5 Å². The average molecular weight is 851 g/mol. The van der Waals surface area contributed by atoms with Crippen LogP contribution in [-0.2, 0) is 42.1 Å². The summed E-state index contributed by atoms with van der Waals surface area (Å²) in [6, 6.07) is 29.7. The molecule has 11 nitrogen and oxygen atoms in total. The normalized spacial score (nSPS) is 15.6. The molecule has 0 radical (unpaired) electrons. The molecule has 5 amide bonds. The molecule has 12 heteroatoms. The van der Waals surface area contributed by atoms with Gasteiger partial charge in [-0.3, -0.25) is 19.2 Å². The maximum absolute atomic E-state index is 16.0. The SMILES string of the molecule is CCC(C)(C)c1cc(C(C)(C)CC)c(C(C(=O)Nc2ccccc2)(C(=O)C(C)(C)C)N2C(=O)CN(Cc3ccccc3)N(c3ccccc3)C2=O)cc1OCCC(Cl)C(N)=O. The molecule has 4 aromatic carbocycles. The number of primary amides is 1. The van der Waals surface area contributed by atoms with Gasteiger partial charge in [0.25, 0.3) is 5.91 Å². The number of urea groups is 1. The lowest BCUT2D eigenvalue weighted by molar-refractivity contribution is -0.156. The second-order valence-corrected chi connectivity index (χ2v) is 18.5. The van der Waals surface area contributed by atoms with E-state index in [1.54, 1.807) is 86.4 Å². The zero-order valence-corrected chi connectivity index (χ0v) is 37.6. The lowest BCUT2D eigenvalue weighted by Gasteiger charge is -2.50. The summed E-state index contributed by atoms with van der Waals surface area (Å²) in [6.07, 6.45) is 1.32. The van der Waals surface area contributed by atoms with E-state index in [0.717, 1.165) is 16.0 Å². The Morgan fingerprint density at radius 2 is 1.31 bits per heavy atom. The minimum absolute atomic E-state index is 0.0336. The first-order chi connectivity index (χ1) is 28.7. The second kappa shape index (κ2) is 18.6. The highest BCUT2D eigenvalue weighted by molar-refractivity contribution is 6.30. The van der Waals surface area contributed by atoms with E-state index in [2.05, 4.69) is 26.1 Å². The molecule has 0 bridgehead atoms. The topological polar surface area (TPSA) is 142 Å². The molecule has 61 heavy (non-hydrogen) atoms. The van der Waals surface area contributed by atoms with Crippen molar-refractivity contribution in [3.63, 3.8) is 0 Å². The highest BCUT2D eigenvalue weighted by atomic mass is 35.5. The van der Waals surface area contributed by atoms with Crippen LogP contribution >= 0.6 is 11.6 Å². The third-order valence-electron chi connectivity index (χ3n) is 11.8. The van der Waals surface area contributed by atoms with Crippen molar-refractivity contribution in [3.05, 3.63) is 125 Å². The lowest BCUT2D eigenvalue weighted by atomic mass is 9.66. The molecule has 0 saturated carbocycles. The van der Waals surface area contributed by atoms with Gasteiger partial charge in [0, 0.05) is 35.2 Å². The van der Waals surface area contributed by atoms with Crippen LogP contribution in [0, 0.1) is 5.41 Å². The number of carbonyl (C=O) groups excluding carboxylic acids is 5. The monoisotopic (exact) mass is 849 g/mol. The van der Waals surface area contributed by atoms with E-state index >= 15 is 19.2 Å². The molecular weight excluding hydrogens is 790 g/mol. The van der Waals surface area contributed by atoms with E-state index < -0.39 is 56.7 Å². The van der Waals surface area contributed by atoms with Gasteiger partial charge in [-0.05, 0) is 65.1 Å². The molecule has 1 heterocycles. The van der Waals surface area contributed by atoms with Crippen LogP contribution in [0.5, 0.6) is 5.75 Å². The van der Waals surface area contributed by atoms with Gasteiger partial charge in [-0.15, -0.1) is 11.6 Å². The van der Waals surface area contributed by atoms with Gasteiger partial charge in [-0.25, -0.2) is 14.7 Å². The first-order valence-corrected chi connectivity index (χ1v) is 21.3. The van der Waals surface area contributed by atoms with Crippen molar-refractivity contribution in [1.82, 2.24) is 9.91 Å². The number of alkyl halides is 1. The minimum Gasteiger partial charge on any atom is -0.493 e. The number of nitrogens with one attached hydrogen (secondary N) is 1. The Kier molecular flexibility index (Phi) is 14.2. The van der Waals surface area contributed by atoms with Gasteiger partial charge in [0.1, 0.15) is 11.1 Å². The molecule has 5 rings (SSSR count).